The lowest BCUT2D eigenvalue weighted by Gasteiger charge is -2.16. The van der Waals surface area contributed by atoms with Gasteiger partial charge in [-0.15, -0.1) is 0 Å². The molecule has 3 aromatic rings. The predicted molar refractivity (Wildman–Crippen MR) is 88.5 cm³/mol. The molecule has 3 rings (SSSR count). The van der Waals surface area contributed by atoms with Gasteiger partial charge >= 0.3 is 0 Å². The zero-order chi connectivity index (χ0) is 15.5. The van der Waals surface area contributed by atoms with Crippen LogP contribution in [0, 0.1) is 13.8 Å². The van der Waals surface area contributed by atoms with Crippen LogP contribution in [0.2, 0.25) is 0 Å². The Labute approximate surface area is 130 Å². The molecule has 0 aliphatic carbocycles. The number of hydrogen-bond acceptors (Lipinski definition) is 3. The van der Waals surface area contributed by atoms with E-state index in [-0.39, 0.29) is 0 Å². The molecule has 3 nitrogen and oxygen atoms in total. The Morgan fingerprint density at radius 3 is 2.50 bits per heavy atom. The van der Waals surface area contributed by atoms with Gasteiger partial charge in [0.25, 0.3) is 0 Å². The third kappa shape index (κ3) is 2.62. The lowest BCUT2D eigenvalue weighted by Crippen LogP contribution is -2.00. The molecule has 22 heavy (non-hydrogen) atoms. The van der Waals surface area contributed by atoms with Gasteiger partial charge in [-0.2, -0.15) is 0 Å². The van der Waals surface area contributed by atoms with Crippen LogP contribution < -0.4 is 9.47 Å². The van der Waals surface area contributed by atoms with Gasteiger partial charge in [0.1, 0.15) is 18.1 Å². The van der Waals surface area contributed by atoms with E-state index in [4.69, 9.17) is 9.47 Å². The first-order chi connectivity index (χ1) is 10.7. The molecule has 0 aliphatic heterocycles. The minimum atomic E-state index is 0.533. The Hall–Kier alpha value is -2.55. The van der Waals surface area contributed by atoms with Crippen LogP contribution in [0.25, 0.3) is 10.8 Å². The number of benzene rings is 2. The summed E-state index contributed by atoms with van der Waals surface area (Å²) in [5.74, 6) is 1.69. The van der Waals surface area contributed by atoms with Gasteiger partial charge < -0.3 is 9.47 Å². The van der Waals surface area contributed by atoms with Gasteiger partial charge in [0.2, 0.25) is 0 Å². The van der Waals surface area contributed by atoms with E-state index in [9.17, 15) is 0 Å². The first-order valence-electron chi connectivity index (χ1n) is 7.30. The van der Waals surface area contributed by atoms with Crippen molar-refractivity contribution in [2.45, 2.75) is 20.5 Å². The molecule has 112 valence electrons. The van der Waals surface area contributed by atoms with Crippen LogP contribution in [0.15, 0.2) is 48.7 Å². The molecule has 0 amide bonds. The van der Waals surface area contributed by atoms with Crippen molar-refractivity contribution in [2.75, 3.05) is 7.11 Å². The highest BCUT2D eigenvalue weighted by Gasteiger charge is 2.13. The highest BCUT2D eigenvalue weighted by Crippen LogP contribution is 2.37. The van der Waals surface area contributed by atoms with E-state index < -0.39 is 0 Å². The molecule has 0 unspecified atom stereocenters. The molecule has 0 N–H and O–H groups in total. The standard InChI is InChI=1S/C19H19NO2/c1-13-18(21-3)11-17-14(2)20-10-9-16(17)19(13)22-12-15-7-5-4-6-8-15/h4-11H,12H2,1-3H3. The molecule has 0 aliphatic rings. The summed E-state index contributed by atoms with van der Waals surface area (Å²) >= 11 is 0. The van der Waals surface area contributed by atoms with E-state index in [1.165, 1.54) is 0 Å². The SMILES string of the molecule is COc1cc2c(C)nccc2c(OCc2ccccc2)c1C. The van der Waals surface area contributed by atoms with Crippen molar-refractivity contribution in [1.82, 2.24) is 4.98 Å². The number of pyridine rings is 1. The lowest BCUT2D eigenvalue weighted by molar-refractivity contribution is 0.305. The first-order valence-corrected chi connectivity index (χ1v) is 7.30. The summed E-state index contributed by atoms with van der Waals surface area (Å²) in [6, 6.07) is 14.2. The van der Waals surface area contributed by atoms with Gasteiger partial charge in [0.05, 0.1) is 7.11 Å². The largest absolute Gasteiger partial charge is 0.496 e. The van der Waals surface area contributed by atoms with Crippen molar-refractivity contribution in [3.8, 4) is 11.5 Å². The second kappa shape index (κ2) is 6.06. The highest BCUT2D eigenvalue weighted by atomic mass is 16.5. The molecular formula is C19H19NO2. The number of fused-ring (bicyclic) bond motifs is 1. The van der Waals surface area contributed by atoms with Crippen LogP contribution in [-0.2, 0) is 6.61 Å². The molecule has 0 atom stereocenters. The molecular weight excluding hydrogens is 274 g/mol. The molecule has 0 fully saturated rings. The van der Waals surface area contributed by atoms with Crippen molar-refractivity contribution >= 4 is 10.8 Å². The molecule has 0 bridgehead atoms. The Morgan fingerprint density at radius 1 is 1.00 bits per heavy atom. The summed E-state index contributed by atoms with van der Waals surface area (Å²) in [7, 11) is 1.68. The topological polar surface area (TPSA) is 31.4 Å². The Balaban J connectivity index is 2.07. The maximum atomic E-state index is 6.13. The zero-order valence-electron chi connectivity index (χ0n) is 13.1. The van der Waals surface area contributed by atoms with Gasteiger partial charge in [0.15, 0.2) is 0 Å². The predicted octanol–water partition coefficient (Wildman–Crippen LogP) is 4.44. The van der Waals surface area contributed by atoms with Crippen LogP contribution >= 0.6 is 0 Å². The summed E-state index contributed by atoms with van der Waals surface area (Å²) in [5.41, 5.74) is 3.13. The number of methoxy groups -OCH3 is 1. The summed E-state index contributed by atoms with van der Waals surface area (Å²) in [6.45, 7) is 4.55. The minimum Gasteiger partial charge on any atom is -0.496 e. The summed E-state index contributed by atoms with van der Waals surface area (Å²) in [6.07, 6.45) is 1.82. The quantitative estimate of drug-likeness (QED) is 0.712. The Bertz CT molecular complexity index is 797. The Morgan fingerprint density at radius 2 is 1.77 bits per heavy atom. The second-order valence-corrected chi connectivity index (χ2v) is 5.30. The molecule has 2 aromatic carbocycles. The van der Waals surface area contributed by atoms with Gasteiger partial charge in [-0.05, 0) is 31.5 Å². The van der Waals surface area contributed by atoms with Gasteiger partial charge in [-0.3, -0.25) is 4.98 Å². The van der Waals surface area contributed by atoms with E-state index in [1.807, 2.05) is 50.4 Å². The fourth-order valence-electron chi connectivity index (χ4n) is 2.64. The summed E-state index contributed by atoms with van der Waals surface area (Å²) in [5, 5.41) is 2.13. The molecule has 0 saturated heterocycles. The molecule has 1 heterocycles. The second-order valence-electron chi connectivity index (χ2n) is 5.30. The molecule has 3 heteroatoms. The van der Waals surface area contributed by atoms with E-state index in [0.717, 1.165) is 39.1 Å². The van der Waals surface area contributed by atoms with Crippen LogP contribution in [-0.4, -0.2) is 12.1 Å². The van der Waals surface area contributed by atoms with Crippen LogP contribution in [0.5, 0.6) is 11.5 Å². The lowest BCUT2D eigenvalue weighted by atomic mass is 10.0. The monoisotopic (exact) mass is 293 g/mol. The summed E-state index contributed by atoms with van der Waals surface area (Å²) < 4.78 is 11.6. The first kappa shape index (κ1) is 14.4. The number of ether oxygens (including phenoxy) is 2. The third-order valence-corrected chi connectivity index (χ3v) is 3.87. The molecule has 0 saturated carbocycles. The van der Waals surface area contributed by atoms with Gasteiger partial charge in [-0.25, -0.2) is 0 Å². The van der Waals surface area contributed by atoms with Crippen molar-refractivity contribution < 1.29 is 9.47 Å². The average molecular weight is 293 g/mol. The minimum absolute atomic E-state index is 0.533. The van der Waals surface area contributed by atoms with Crippen molar-refractivity contribution in [1.29, 1.82) is 0 Å². The maximum absolute atomic E-state index is 6.13. The maximum Gasteiger partial charge on any atom is 0.134 e. The van der Waals surface area contributed by atoms with E-state index in [1.54, 1.807) is 7.11 Å². The smallest absolute Gasteiger partial charge is 0.134 e. The Kier molecular flexibility index (Phi) is 3.96. The zero-order valence-corrected chi connectivity index (χ0v) is 13.1. The van der Waals surface area contributed by atoms with Crippen molar-refractivity contribution in [3.63, 3.8) is 0 Å². The third-order valence-electron chi connectivity index (χ3n) is 3.87. The molecule has 0 radical (unpaired) electrons. The highest BCUT2D eigenvalue weighted by molar-refractivity contribution is 5.92. The number of aryl methyl sites for hydroxylation is 1. The van der Waals surface area contributed by atoms with Crippen LogP contribution in [0.4, 0.5) is 0 Å². The molecule has 1 aromatic heterocycles. The number of aromatic nitrogens is 1. The van der Waals surface area contributed by atoms with Crippen LogP contribution in [0.3, 0.4) is 0 Å². The normalized spacial score (nSPS) is 10.7. The number of rotatable bonds is 4. The molecule has 0 spiro atoms. The van der Waals surface area contributed by atoms with Crippen LogP contribution in [0.1, 0.15) is 16.8 Å². The van der Waals surface area contributed by atoms with Crippen molar-refractivity contribution in [3.05, 3.63) is 65.5 Å². The van der Waals surface area contributed by atoms with E-state index in [0.29, 0.717) is 6.61 Å². The summed E-state index contributed by atoms with van der Waals surface area (Å²) in [4.78, 5) is 4.36. The van der Waals surface area contributed by atoms with Gasteiger partial charge in [0, 0.05) is 28.2 Å². The fourth-order valence-corrected chi connectivity index (χ4v) is 2.64. The number of nitrogens with zero attached hydrogens (tertiary/aromatic N) is 1. The van der Waals surface area contributed by atoms with Crippen molar-refractivity contribution in [2.24, 2.45) is 0 Å². The van der Waals surface area contributed by atoms with E-state index in [2.05, 4.69) is 17.1 Å². The van der Waals surface area contributed by atoms with Gasteiger partial charge in [-0.1, -0.05) is 30.3 Å². The van der Waals surface area contributed by atoms with E-state index >= 15 is 0 Å². The fraction of sp³-hybridized carbons (Fsp3) is 0.211. The average Bonchev–Trinajstić information content (AvgIpc) is 2.55. The number of hydrogen-bond donors (Lipinski definition) is 0.